The number of Topliss-reactive ketones (excluding diaryl/α,β-unsaturated/α-hetero) is 2. The highest BCUT2D eigenvalue weighted by Crippen LogP contribution is 2.86. The Kier molecular flexibility index (Phi) is 9.75. The summed E-state index contributed by atoms with van der Waals surface area (Å²) in [7, 11) is 0. The number of carboxylic acid groups (broad SMARTS) is 1. The predicted molar refractivity (Wildman–Crippen MR) is 255 cm³/mol. The van der Waals surface area contributed by atoms with Crippen LogP contribution in [0.5, 0.6) is 0 Å². The number of carboxylic acids is 1. The van der Waals surface area contributed by atoms with Crippen LogP contribution in [0.2, 0.25) is 0 Å². The maximum atomic E-state index is 16.7. The van der Waals surface area contributed by atoms with Crippen molar-refractivity contribution in [2.45, 2.75) is 159 Å². The van der Waals surface area contributed by atoms with Gasteiger partial charge in [0.15, 0.2) is 11.7 Å². The molecule has 1 aromatic rings. The summed E-state index contributed by atoms with van der Waals surface area (Å²) in [4.78, 5) is 49.2. The zero-order valence-corrected chi connectivity index (χ0v) is 39.8. The highest BCUT2D eigenvalue weighted by atomic mass is 16.4. The van der Waals surface area contributed by atoms with Crippen molar-refractivity contribution < 1.29 is 45.0 Å². The summed E-state index contributed by atoms with van der Waals surface area (Å²) in [6, 6.07) is 8.25. The van der Waals surface area contributed by atoms with E-state index in [1.165, 1.54) is 12.5 Å². The number of allylic oxidation sites excluding steroid dienone is 2. The molecule has 0 saturated heterocycles. The third-order valence-corrected chi connectivity index (χ3v) is 20.8. The Labute approximate surface area is 398 Å². The molecule has 68 heavy (non-hydrogen) atoms. The fourth-order valence-electron chi connectivity index (χ4n) is 18.3. The van der Waals surface area contributed by atoms with Crippen molar-refractivity contribution in [3.8, 4) is 11.8 Å². The molecule has 0 aliphatic heterocycles. The first-order valence-electron chi connectivity index (χ1n) is 25.1. The minimum Gasteiger partial charge on any atom is -0.478 e. The lowest BCUT2D eigenvalue weighted by Gasteiger charge is -2.72. The van der Waals surface area contributed by atoms with Crippen LogP contribution < -0.4 is 11.5 Å². The number of hydrogen-bond acceptors (Lipinski definition) is 9. The number of nitrogens with zero attached hydrogens (tertiary/aromatic N) is 1. The monoisotopic (exact) mass is 925 g/mol. The lowest BCUT2D eigenvalue weighted by molar-refractivity contribution is -0.220. The fraction of sp³-hybridized carbons (Fsp3) is 0.607. The van der Waals surface area contributed by atoms with Crippen LogP contribution in [0.25, 0.3) is 6.08 Å². The predicted octanol–water partition coefficient (Wildman–Crippen LogP) is 5.55. The molecule has 15 unspecified atom stereocenters. The molecule has 1 aromatic carbocycles. The van der Waals surface area contributed by atoms with Crippen molar-refractivity contribution in [2.24, 2.45) is 67.2 Å². The average Bonchev–Trinajstić information content (AvgIpc) is 3.43. The van der Waals surface area contributed by atoms with Gasteiger partial charge in [-0.25, -0.2) is 9.79 Å². The van der Waals surface area contributed by atoms with Crippen LogP contribution in [0, 0.1) is 62.6 Å². The van der Waals surface area contributed by atoms with E-state index in [-0.39, 0.29) is 80.0 Å². The van der Waals surface area contributed by atoms with Crippen molar-refractivity contribution in [3.05, 3.63) is 87.6 Å². The van der Waals surface area contributed by atoms with Crippen LogP contribution in [-0.4, -0.2) is 88.7 Å². The number of ketones is 2. The van der Waals surface area contributed by atoms with Gasteiger partial charge in [-0.2, -0.15) is 0 Å². The molecule has 15 atom stereocenters. The molecule has 10 N–H and O–H groups in total. The van der Waals surface area contributed by atoms with Crippen LogP contribution in [0.3, 0.4) is 0 Å². The van der Waals surface area contributed by atoms with E-state index in [0.717, 1.165) is 17.6 Å². The average molecular weight is 926 g/mol. The number of hydrogen-bond donors (Lipinski definition) is 8. The van der Waals surface area contributed by atoms with E-state index in [0.29, 0.717) is 49.7 Å². The van der Waals surface area contributed by atoms with Gasteiger partial charge in [0.1, 0.15) is 28.6 Å². The topological polar surface area (TPSA) is 237 Å². The number of fused-ring (bicyclic) bond motifs is 4. The summed E-state index contributed by atoms with van der Waals surface area (Å²) >= 11 is 0. The van der Waals surface area contributed by atoms with Crippen molar-refractivity contribution >= 4 is 29.6 Å². The number of aliphatic imine (C=N–C) groups is 1. The second kappa shape index (κ2) is 14.5. The SMILES string of the molecule is CC(O)CC(C(=O)O)=C1CCC2(N=C(N)N)C=CC34CC5(O)C=CC6(O)C7=C8C(=O)C(CCCCC3C2(O)C1O)C4(C)C75CCC#CCC1(C)C(=O)CCC8(C)C1C6C1=Cc2ccccc2CC1. The van der Waals surface area contributed by atoms with Crippen LogP contribution in [0.1, 0.15) is 129 Å². The summed E-state index contributed by atoms with van der Waals surface area (Å²) in [5.41, 5.74) is 3.25. The number of carbonyl (C=O) groups is 3. The van der Waals surface area contributed by atoms with E-state index >= 15 is 4.79 Å². The third-order valence-electron chi connectivity index (χ3n) is 20.8. The Morgan fingerprint density at radius 2 is 1.66 bits per heavy atom. The quantitative estimate of drug-likeness (QED) is 0.0600. The van der Waals surface area contributed by atoms with Gasteiger partial charge in [-0.3, -0.25) is 9.59 Å². The summed E-state index contributed by atoms with van der Waals surface area (Å²) in [5.74, 6) is 2.36. The van der Waals surface area contributed by atoms with Crippen molar-refractivity contribution in [1.82, 2.24) is 0 Å². The molecule has 4 bridgehead atoms. The van der Waals surface area contributed by atoms with Gasteiger partial charge in [0.2, 0.25) is 0 Å². The van der Waals surface area contributed by atoms with Gasteiger partial charge in [-0.05, 0) is 104 Å². The van der Waals surface area contributed by atoms with Crippen LogP contribution >= 0.6 is 0 Å². The Bertz CT molecular complexity index is 2740. The molecule has 0 radical (unpaired) electrons. The smallest absolute Gasteiger partial charge is 0.331 e. The molecule has 0 aromatic heterocycles. The van der Waals surface area contributed by atoms with Crippen molar-refractivity contribution in [3.63, 3.8) is 0 Å². The van der Waals surface area contributed by atoms with E-state index in [9.17, 15) is 40.2 Å². The number of nitrogens with two attached hydrogens (primary N) is 2. The fourth-order valence-corrected chi connectivity index (χ4v) is 18.3. The number of rotatable bonds is 5. The van der Waals surface area contributed by atoms with E-state index in [1.807, 2.05) is 25.1 Å². The number of carbonyl (C=O) groups excluding carboxylic acids is 2. The first-order chi connectivity index (χ1) is 32.1. The summed E-state index contributed by atoms with van der Waals surface area (Å²) in [6.07, 6.45) is 11.1. The van der Waals surface area contributed by atoms with Crippen molar-refractivity contribution in [2.75, 3.05) is 0 Å². The Morgan fingerprint density at radius 3 is 2.40 bits per heavy atom. The molecule has 0 amide bonds. The Hall–Kier alpha value is -4.64. The van der Waals surface area contributed by atoms with Gasteiger partial charge in [-0.15, -0.1) is 11.8 Å². The summed E-state index contributed by atoms with van der Waals surface area (Å²) < 4.78 is 0. The molecule has 11 rings (SSSR count). The van der Waals surface area contributed by atoms with Gasteiger partial charge in [0, 0.05) is 76.2 Å². The number of aliphatic hydroxyl groups is 5. The summed E-state index contributed by atoms with van der Waals surface area (Å²) in [6.45, 7) is 7.71. The van der Waals surface area contributed by atoms with E-state index in [2.05, 4.69) is 43.9 Å². The minimum absolute atomic E-state index is 0.000753. The first-order valence-corrected chi connectivity index (χ1v) is 25.1. The highest BCUT2D eigenvalue weighted by molar-refractivity contribution is 6.04. The van der Waals surface area contributed by atoms with Crippen LogP contribution in [0.15, 0.2) is 81.4 Å². The van der Waals surface area contributed by atoms with Gasteiger partial charge in [-0.1, -0.05) is 87.8 Å². The standard InChI is InChI=1S/C56H67N3O9/c1-31(60)28-36(46(64)65)35-18-23-52(59-47(57)58)25-24-51-30-53(66)26-27-54(67)40(34-17-16-32-12-6-7-13-33(32)29-34)43-48(2)20-10-5-11-21-55(53)44(54)41(49(43,3)22-19-39(48)61)42(62)37(50(51,55)4)14-8-9-15-38(51)56(52,68)45(35)63/h6-7,12-13,24-27,29,31,37-38,40,43,45,60,63,66-68H,8-9,11,14-23,28,30H2,1-4H3,(H,64,65)(H4,57,58,59). The highest BCUT2D eigenvalue weighted by Gasteiger charge is 2.87. The molecule has 10 aliphatic carbocycles. The van der Waals surface area contributed by atoms with E-state index < -0.39 is 91.3 Å². The van der Waals surface area contributed by atoms with E-state index in [4.69, 9.17) is 16.5 Å². The molecular weight excluding hydrogens is 859 g/mol. The number of aliphatic carboxylic acids is 1. The first kappa shape index (κ1) is 45.8. The van der Waals surface area contributed by atoms with Crippen LogP contribution in [0.4, 0.5) is 0 Å². The maximum Gasteiger partial charge on any atom is 0.331 e. The zero-order valence-electron chi connectivity index (χ0n) is 39.8. The second-order valence-corrected chi connectivity index (χ2v) is 23.5. The van der Waals surface area contributed by atoms with Crippen LogP contribution in [-0.2, 0) is 20.8 Å². The molecule has 10 aliphatic rings. The van der Waals surface area contributed by atoms with Gasteiger partial charge < -0.3 is 42.1 Å². The molecular formula is C56H67N3O9. The largest absolute Gasteiger partial charge is 0.478 e. The lowest BCUT2D eigenvalue weighted by atomic mass is 9.31. The minimum atomic E-state index is -2.28. The zero-order chi connectivity index (χ0) is 48.4. The van der Waals surface area contributed by atoms with Gasteiger partial charge in [0.05, 0.1) is 11.7 Å². The normalized spacial score (nSPS) is 47.1. The molecule has 360 valence electrons. The second-order valence-electron chi connectivity index (χ2n) is 23.5. The summed E-state index contributed by atoms with van der Waals surface area (Å²) in [5, 5.41) is 77.2. The molecule has 4 fully saturated rings. The molecule has 12 nitrogen and oxygen atoms in total. The van der Waals surface area contributed by atoms with E-state index in [1.54, 1.807) is 18.2 Å². The molecule has 0 heterocycles. The number of benzene rings is 1. The molecule has 2 spiro atoms. The Morgan fingerprint density at radius 1 is 0.912 bits per heavy atom. The number of guanidine groups is 1. The number of aliphatic hydroxyl groups excluding tert-OH is 2. The number of aryl methyl sites for hydroxylation is 1. The van der Waals surface area contributed by atoms with Gasteiger partial charge >= 0.3 is 5.97 Å². The van der Waals surface area contributed by atoms with Gasteiger partial charge in [0.25, 0.3) is 0 Å². The molecule has 12 heteroatoms. The third kappa shape index (κ3) is 5.20. The maximum absolute atomic E-state index is 16.7. The lowest BCUT2D eigenvalue weighted by Crippen LogP contribution is -2.76. The van der Waals surface area contributed by atoms with Crippen molar-refractivity contribution in [1.29, 1.82) is 0 Å². The molecule has 4 saturated carbocycles. The Balaban J connectivity index is 1.24.